The lowest BCUT2D eigenvalue weighted by molar-refractivity contribution is -0.384. The Morgan fingerprint density at radius 2 is 1.85 bits per heavy atom. The molecular weight excluding hydrogens is 564 g/mol. The van der Waals surface area contributed by atoms with Crippen LogP contribution in [0.3, 0.4) is 0 Å². The van der Waals surface area contributed by atoms with Crippen molar-refractivity contribution in [3.05, 3.63) is 99.1 Å². The maximum Gasteiger partial charge on any atom is 0.301 e. The molecule has 0 aliphatic carbocycles. The number of nitro benzene ring substituents is 1. The van der Waals surface area contributed by atoms with E-state index in [1.165, 1.54) is 28.9 Å². The van der Waals surface area contributed by atoms with Gasteiger partial charge in [-0.05, 0) is 65.9 Å². The minimum absolute atomic E-state index is 0.000303. The Balaban J connectivity index is 1.48. The van der Waals surface area contributed by atoms with Crippen LogP contribution in [0.15, 0.2) is 76.8 Å². The summed E-state index contributed by atoms with van der Waals surface area (Å²) in [6.45, 7) is 1.04. The summed E-state index contributed by atoms with van der Waals surface area (Å²) in [5.74, 6) is 1.20. The van der Waals surface area contributed by atoms with E-state index < -0.39 is 14.9 Å². The Hall–Kier alpha value is -4.23. The van der Waals surface area contributed by atoms with Gasteiger partial charge in [-0.2, -0.15) is 5.10 Å². The largest absolute Gasteiger partial charge is 0.326 e. The first-order chi connectivity index (χ1) is 19.6. The van der Waals surface area contributed by atoms with Crippen LogP contribution in [0.2, 0.25) is 0 Å². The number of nitrogens with zero attached hydrogens (tertiary/aromatic N) is 5. The number of carbonyl (C=O) groups is 1. The Bertz CT molecular complexity index is 1650. The van der Waals surface area contributed by atoms with Gasteiger partial charge in [-0.25, -0.2) is 13.4 Å². The number of non-ortho nitro benzene ring substituents is 1. The van der Waals surface area contributed by atoms with E-state index in [1.807, 2.05) is 24.3 Å². The van der Waals surface area contributed by atoms with Gasteiger partial charge in [0.1, 0.15) is 5.84 Å². The van der Waals surface area contributed by atoms with Gasteiger partial charge in [-0.15, -0.1) is 0 Å². The van der Waals surface area contributed by atoms with Crippen molar-refractivity contribution >= 4 is 55.6 Å². The average molecular weight is 593 g/mol. The van der Waals surface area contributed by atoms with Crippen molar-refractivity contribution < 1.29 is 18.1 Å². The number of thioether (sulfide) groups is 1. The Kier molecular flexibility index (Phi) is 8.08. The van der Waals surface area contributed by atoms with Crippen molar-refractivity contribution in [2.45, 2.75) is 19.4 Å². The lowest BCUT2D eigenvalue weighted by Gasteiger charge is -2.33. The summed E-state index contributed by atoms with van der Waals surface area (Å²) < 4.78 is 25.5. The van der Waals surface area contributed by atoms with Crippen LogP contribution in [0.1, 0.15) is 28.7 Å². The minimum Gasteiger partial charge on any atom is -0.326 e. The van der Waals surface area contributed by atoms with Crippen LogP contribution >= 0.6 is 11.8 Å². The number of amides is 1. The SMILES string of the molecule is CN1N=C(c2ccc3c(c2)CCCN3C(=NCc2ccc(NS(C)(=O)=O)cc2)c2ccc([N+](=O)[O-])cc2)CSC1=O. The predicted octanol–water partition coefficient (Wildman–Crippen LogP) is 4.87. The third kappa shape index (κ3) is 6.74. The van der Waals surface area contributed by atoms with Crippen LogP contribution in [0.4, 0.5) is 21.9 Å². The molecule has 2 aliphatic heterocycles. The maximum atomic E-state index is 11.8. The lowest BCUT2D eigenvalue weighted by atomic mass is 9.97. The number of aliphatic imine (C=N–C) groups is 1. The van der Waals surface area contributed by atoms with Gasteiger partial charge >= 0.3 is 5.24 Å². The standard InChI is InChI=1S/C28H28N6O5S2/c1-32-28(35)40-18-25(30-32)21-9-14-26-22(16-21)4-3-15-33(26)27(20-7-12-24(13-8-20)34(36)37)29-17-19-5-10-23(11-6-19)31-41(2,38)39/h5-14,16,31H,3-4,15,17-18H2,1-2H3. The maximum absolute atomic E-state index is 11.8. The second kappa shape index (κ2) is 11.7. The molecule has 0 bridgehead atoms. The molecule has 0 fully saturated rings. The van der Waals surface area contributed by atoms with Gasteiger partial charge < -0.3 is 4.90 Å². The van der Waals surface area contributed by atoms with Gasteiger partial charge in [0.05, 0.1) is 23.4 Å². The Morgan fingerprint density at radius 1 is 1.12 bits per heavy atom. The summed E-state index contributed by atoms with van der Waals surface area (Å²) in [5, 5.41) is 17.0. The first-order valence-corrected chi connectivity index (χ1v) is 15.7. The van der Waals surface area contributed by atoms with Crippen LogP contribution < -0.4 is 9.62 Å². The van der Waals surface area contributed by atoms with Gasteiger partial charge in [0.25, 0.3) is 5.69 Å². The van der Waals surface area contributed by atoms with E-state index in [0.717, 1.165) is 52.8 Å². The van der Waals surface area contributed by atoms with Crippen LogP contribution in [0, 0.1) is 10.1 Å². The van der Waals surface area contributed by atoms with Gasteiger partial charge in [0.2, 0.25) is 10.0 Å². The number of carbonyl (C=O) groups excluding carboxylic acids is 1. The quantitative estimate of drug-likeness (QED) is 0.179. The smallest absolute Gasteiger partial charge is 0.301 e. The van der Waals surface area contributed by atoms with Crippen LogP contribution in [-0.2, 0) is 23.0 Å². The van der Waals surface area contributed by atoms with Crippen LogP contribution in [0.25, 0.3) is 0 Å². The van der Waals surface area contributed by atoms with E-state index in [1.54, 1.807) is 31.3 Å². The molecule has 13 heteroatoms. The average Bonchev–Trinajstić information content (AvgIpc) is 2.94. The fourth-order valence-corrected chi connectivity index (χ4v) is 6.01. The van der Waals surface area contributed by atoms with Crippen molar-refractivity contribution in [2.24, 2.45) is 10.1 Å². The third-order valence-electron chi connectivity index (χ3n) is 6.66. The molecule has 212 valence electrons. The molecule has 0 aromatic heterocycles. The molecule has 0 spiro atoms. The summed E-state index contributed by atoms with van der Waals surface area (Å²) in [6.07, 6.45) is 2.85. The summed E-state index contributed by atoms with van der Waals surface area (Å²) in [5.41, 5.74) is 6.03. The van der Waals surface area contributed by atoms with Crippen molar-refractivity contribution in [1.82, 2.24) is 5.01 Å². The fourth-order valence-electron chi connectivity index (χ4n) is 4.74. The number of benzene rings is 3. The molecular formula is C28H28N6O5S2. The second-order valence-electron chi connectivity index (χ2n) is 9.74. The van der Waals surface area contributed by atoms with Gasteiger partial charge in [0, 0.05) is 48.4 Å². The van der Waals surface area contributed by atoms with E-state index in [4.69, 9.17) is 4.99 Å². The normalized spacial score (nSPS) is 15.8. The van der Waals surface area contributed by atoms with E-state index in [0.29, 0.717) is 30.4 Å². The first-order valence-electron chi connectivity index (χ1n) is 12.8. The van der Waals surface area contributed by atoms with Crippen molar-refractivity contribution in [2.75, 3.05) is 35.2 Å². The summed E-state index contributed by atoms with van der Waals surface area (Å²) >= 11 is 1.23. The third-order valence-corrected chi connectivity index (χ3v) is 8.19. The number of nitro groups is 1. The minimum atomic E-state index is -3.38. The molecule has 1 amide bonds. The molecule has 1 N–H and O–H groups in total. The van der Waals surface area contributed by atoms with E-state index in [9.17, 15) is 23.3 Å². The predicted molar refractivity (Wildman–Crippen MR) is 163 cm³/mol. The molecule has 41 heavy (non-hydrogen) atoms. The topological polar surface area (TPSA) is 138 Å². The number of sulfonamides is 1. The summed E-state index contributed by atoms with van der Waals surface area (Å²) in [7, 11) is -1.73. The van der Waals surface area contributed by atoms with Gasteiger partial charge in [0.15, 0.2) is 0 Å². The van der Waals surface area contributed by atoms with E-state index in [2.05, 4.69) is 20.8 Å². The highest BCUT2D eigenvalue weighted by molar-refractivity contribution is 8.14. The lowest BCUT2D eigenvalue weighted by Crippen LogP contribution is -2.36. The number of amidine groups is 1. The zero-order valence-electron chi connectivity index (χ0n) is 22.5. The molecule has 2 heterocycles. The second-order valence-corrected chi connectivity index (χ2v) is 12.4. The number of hydrogen-bond acceptors (Lipinski definition) is 8. The van der Waals surface area contributed by atoms with Crippen molar-refractivity contribution in [3.8, 4) is 0 Å². The number of anilines is 2. The van der Waals surface area contributed by atoms with Gasteiger partial charge in [-0.3, -0.25) is 24.6 Å². The zero-order valence-corrected chi connectivity index (χ0v) is 24.1. The highest BCUT2D eigenvalue weighted by Gasteiger charge is 2.25. The number of fused-ring (bicyclic) bond motifs is 1. The highest BCUT2D eigenvalue weighted by Crippen LogP contribution is 2.31. The van der Waals surface area contributed by atoms with E-state index in [-0.39, 0.29) is 10.9 Å². The molecule has 0 saturated heterocycles. The molecule has 3 aromatic carbocycles. The molecule has 3 aromatic rings. The van der Waals surface area contributed by atoms with Crippen LogP contribution in [0.5, 0.6) is 0 Å². The monoisotopic (exact) mass is 592 g/mol. The number of nitrogens with one attached hydrogen (secondary N) is 1. The number of hydrogen-bond donors (Lipinski definition) is 1. The molecule has 5 rings (SSSR count). The summed E-state index contributed by atoms with van der Waals surface area (Å²) in [6, 6.07) is 19.5. The van der Waals surface area contributed by atoms with Gasteiger partial charge in [-0.1, -0.05) is 30.0 Å². The molecule has 0 unspecified atom stereocenters. The molecule has 11 nitrogen and oxygen atoms in total. The summed E-state index contributed by atoms with van der Waals surface area (Å²) in [4.78, 5) is 29.8. The first kappa shape index (κ1) is 28.3. The van der Waals surface area contributed by atoms with E-state index >= 15 is 0 Å². The highest BCUT2D eigenvalue weighted by atomic mass is 32.2. The molecule has 0 radical (unpaired) electrons. The molecule has 0 saturated carbocycles. The van der Waals surface area contributed by atoms with Crippen molar-refractivity contribution in [1.29, 1.82) is 0 Å². The Labute approximate surface area is 242 Å². The number of rotatable bonds is 7. The molecule has 0 atom stereocenters. The van der Waals surface area contributed by atoms with Crippen molar-refractivity contribution in [3.63, 3.8) is 0 Å². The fraction of sp³-hybridized carbons (Fsp3) is 0.250. The van der Waals surface area contributed by atoms with Crippen LogP contribution in [-0.4, -0.2) is 60.7 Å². The molecule has 2 aliphatic rings. The Morgan fingerprint density at radius 3 is 2.51 bits per heavy atom. The number of aryl methyl sites for hydroxylation is 1. The zero-order chi connectivity index (χ0) is 29.1. The number of hydrazone groups is 1.